The first-order valence-electron chi connectivity index (χ1n) is 9.46. The van der Waals surface area contributed by atoms with Gasteiger partial charge < -0.3 is 9.47 Å². The Labute approximate surface area is 151 Å². The molecule has 0 saturated heterocycles. The summed E-state index contributed by atoms with van der Waals surface area (Å²) in [6.07, 6.45) is 7.81. The molecule has 0 aliphatic rings. The molecular formula is C21H32O4. The number of unbranched alkanes of at least 4 members (excludes halogenated alkanes) is 5. The Hall–Kier alpha value is -1.84. The van der Waals surface area contributed by atoms with E-state index in [9.17, 15) is 9.59 Å². The highest BCUT2D eigenvalue weighted by molar-refractivity contribution is 5.72. The summed E-state index contributed by atoms with van der Waals surface area (Å²) >= 11 is 0. The summed E-state index contributed by atoms with van der Waals surface area (Å²) in [5.41, 5.74) is 2.32. The fraction of sp³-hybridized carbons (Fsp3) is 0.619. The van der Waals surface area contributed by atoms with Crippen molar-refractivity contribution in [3.63, 3.8) is 0 Å². The maximum atomic E-state index is 11.8. The van der Waals surface area contributed by atoms with E-state index < -0.39 is 0 Å². The SMILES string of the molecule is CCCOC(=O)CCCCCCCCC(=O)Oc1ccc(C)c(C)c1. The normalized spacial score (nSPS) is 10.5. The van der Waals surface area contributed by atoms with Gasteiger partial charge in [-0.3, -0.25) is 9.59 Å². The van der Waals surface area contributed by atoms with Crippen LogP contribution in [-0.2, 0) is 14.3 Å². The molecule has 0 radical (unpaired) electrons. The molecule has 0 fully saturated rings. The van der Waals surface area contributed by atoms with Gasteiger partial charge in [0.2, 0.25) is 0 Å². The molecule has 0 N–H and O–H groups in total. The zero-order valence-corrected chi connectivity index (χ0v) is 15.9. The van der Waals surface area contributed by atoms with Crippen LogP contribution in [0.2, 0.25) is 0 Å². The van der Waals surface area contributed by atoms with Crippen molar-refractivity contribution in [3.8, 4) is 5.75 Å². The van der Waals surface area contributed by atoms with Crippen molar-refractivity contribution in [3.05, 3.63) is 29.3 Å². The minimum atomic E-state index is -0.165. The van der Waals surface area contributed by atoms with Crippen LogP contribution in [0, 0.1) is 13.8 Å². The molecule has 0 atom stereocenters. The molecule has 25 heavy (non-hydrogen) atoms. The molecule has 0 saturated carbocycles. The van der Waals surface area contributed by atoms with E-state index in [1.807, 2.05) is 39.0 Å². The first-order chi connectivity index (χ1) is 12.0. The second kappa shape index (κ2) is 12.5. The van der Waals surface area contributed by atoms with E-state index in [1.54, 1.807) is 0 Å². The second-order valence-electron chi connectivity index (χ2n) is 6.56. The maximum absolute atomic E-state index is 11.8. The van der Waals surface area contributed by atoms with E-state index in [4.69, 9.17) is 9.47 Å². The van der Waals surface area contributed by atoms with Gasteiger partial charge in [0, 0.05) is 12.8 Å². The van der Waals surface area contributed by atoms with Crippen LogP contribution in [0.1, 0.15) is 75.8 Å². The number of aryl methyl sites for hydroxylation is 2. The third kappa shape index (κ3) is 9.90. The fourth-order valence-electron chi connectivity index (χ4n) is 2.49. The van der Waals surface area contributed by atoms with Gasteiger partial charge in [-0.05, 0) is 56.4 Å². The number of hydrogen-bond donors (Lipinski definition) is 0. The lowest BCUT2D eigenvalue weighted by molar-refractivity contribution is -0.143. The summed E-state index contributed by atoms with van der Waals surface area (Å²) in [6, 6.07) is 5.71. The van der Waals surface area contributed by atoms with Crippen LogP contribution in [0.3, 0.4) is 0 Å². The predicted molar refractivity (Wildman–Crippen MR) is 99.7 cm³/mol. The van der Waals surface area contributed by atoms with E-state index in [0.29, 0.717) is 25.2 Å². The van der Waals surface area contributed by atoms with Crippen LogP contribution in [0.5, 0.6) is 5.75 Å². The molecule has 140 valence electrons. The molecule has 1 aromatic carbocycles. The van der Waals surface area contributed by atoms with Crippen LogP contribution in [0.15, 0.2) is 18.2 Å². The third-order valence-electron chi connectivity index (χ3n) is 4.19. The third-order valence-corrected chi connectivity index (χ3v) is 4.19. The molecule has 0 aliphatic heterocycles. The van der Waals surface area contributed by atoms with Crippen molar-refractivity contribution in [2.45, 2.75) is 78.6 Å². The molecule has 0 aromatic heterocycles. The van der Waals surface area contributed by atoms with E-state index in [-0.39, 0.29) is 11.9 Å². The Morgan fingerprint density at radius 3 is 2.04 bits per heavy atom. The van der Waals surface area contributed by atoms with Crippen molar-refractivity contribution in [1.29, 1.82) is 0 Å². The summed E-state index contributed by atoms with van der Waals surface area (Å²) in [5, 5.41) is 0. The van der Waals surface area contributed by atoms with E-state index in [2.05, 4.69) is 0 Å². The topological polar surface area (TPSA) is 52.6 Å². The first-order valence-corrected chi connectivity index (χ1v) is 9.46. The van der Waals surface area contributed by atoms with Gasteiger partial charge in [0.05, 0.1) is 6.61 Å². The molecule has 4 heteroatoms. The minimum Gasteiger partial charge on any atom is -0.466 e. The Morgan fingerprint density at radius 2 is 1.44 bits per heavy atom. The highest BCUT2D eigenvalue weighted by Crippen LogP contribution is 2.17. The molecule has 1 rings (SSSR count). The van der Waals surface area contributed by atoms with E-state index in [1.165, 1.54) is 5.56 Å². The monoisotopic (exact) mass is 348 g/mol. The predicted octanol–water partition coefficient (Wildman–Crippen LogP) is 5.28. The Balaban J connectivity index is 2.01. The zero-order valence-electron chi connectivity index (χ0n) is 15.9. The Morgan fingerprint density at radius 1 is 0.840 bits per heavy atom. The highest BCUT2D eigenvalue weighted by atomic mass is 16.5. The highest BCUT2D eigenvalue weighted by Gasteiger charge is 2.06. The summed E-state index contributed by atoms with van der Waals surface area (Å²) in [4.78, 5) is 23.2. The van der Waals surface area contributed by atoms with Crippen LogP contribution in [-0.4, -0.2) is 18.5 Å². The number of benzene rings is 1. The average molecular weight is 348 g/mol. The van der Waals surface area contributed by atoms with Crippen molar-refractivity contribution < 1.29 is 19.1 Å². The van der Waals surface area contributed by atoms with E-state index in [0.717, 1.165) is 50.5 Å². The number of carbonyl (C=O) groups is 2. The molecule has 0 aliphatic carbocycles. The molecule has 1 aromatic rings. The molecule has 4 nitrogen and oxygen atoms in total. The Kier molecular flexibility index (Phi) is 10.6. The van der Waals surface area contributed by atoms with Crippen LogP contribution >= 0.6 is 0 Å². The van der Waals surface area contributed by atoms with Gasteiger partial charge in [0.1, 0.15) is 5.75 Å². The molecule has 0 amide bonds. The fourth-order valence-corrected chi connectivity index (χ4v) is 2.49. The van der Waals surface area contributed by atoms with Gasteiger partial charge in [-0.2, -0.15) is 0 Å². The summed E-state index contributed by atoms with van der Waals surface area (Å²) in [5.74, 6) is 0.376. The quantitative estimate of drug-likeness (QED) is 0.293. The van der Waals surface area contributed by atoms with Gasteiger partial charge in [-0.1, -0.05) is 38.7 Å². The molecular weight excluding hydrogens is 316 g/mol. The summed E-state index contributed by atoms with van der Waals surface area (Å²) in [6.45, 7) is 6.56. The minimum absolute atomic E-state index is 0.0871. The lowest BCUT2D eigenvalue weighted by Crippen LogP contribution is -2.07. The number of esters is 2. The van der Waals surface area contributed by atoms with Crippen LogP contribution in [0.25, 0.3) is 0 Å². The first kappa shape index (κ1) is 21.2. The van der Waals surface area contributed by atoms with Gasteiger partial charge in [0.25, 0.3) is 0 Å². The van der Waals surface area contributed by atoms with Gasteiger partial charge in [-0.15, -0.1) is 0 Å². The number of carbonyl (C=O) groups excluding carboxylic acids is 2. The van der Waals surface area contributed by atoms with Crippen LogP contribution in [0.4, 0.5) is 0 Å². The van der Waals surface area contributed by atoms with Gasteiger partial charge in [-0.25, -0.2) is 0 Å². The molecule has 0 spiro atoms. The lowest BCUT2D eigenvalue weighted by Gasteiger charge is -2.07. The van der Waals surface area contributed by atoms with Crippen LogP contribution < -0.4 is 4.74 Å². The molecule has 0 unspecified atom stereocenters. The average Bonchev–Trinajstić information content (AvgIpc) is 2.58. The number of ether oxygens (including phenoxy) is 2. The standard InChI is InChI=1S/C21H32O4/c1-4-15-24-20(22)11-9-7-5-6-8-10-12-21(23)25-19-14-13-17(2)18(3)16-19/h13-14,16H,4-12,15H2,1-3H3. The van der Waals surface area contributed by atoms with E-state index >= 15 is 0 Å². The zero-order chi connectivity index (χ0) is 18.5. The number of rotatable bonds is 12. The van der Waals surface area contributed by atoms with Gasteiger partial charge in [0.15, 0.2) is 0 Å². The lowest BCUT2D eigenvalue weighted by atomic mass is 10.1. The maximum Gasteiger partial charge on any atom is 0.311 e. The smallest absolute Gasteiger partial charge is 0.311 e. The second-order valence-corrected chi connectivity index (χ2v) is 6.56. The Bertz CT molecular complexity index is 537. The summed E-state index contributed by atoms with van der Waals surface area (Å²) in [7, 11) is 0. The van der Waals surface area contributed by atoms with Gasteiger partial charge >= 0.3 is 11.9 Å². The molecule has 0 bridgehead atoms. The van der Waals surface area contributed by atoms with Crippen molar-refractivity contribution in [1.82, 2.24) is 0 Å². The van der Waals surface area contributed by atoms with Crippen molar-refractivity contribution in [2.24, 2.45) is 0 Å². The van der Waals surface area contributed by atoms with Crippen molar-refractivity contribution in [2.75, 3.05) is 6.61 Å². The number of hydrogen-bond acceptors (Lipinski definition) is 4. The largest absolute Gasteiger partial charge is 0.466 e. The van der Waals surface area contributed by atoms with Crippen molar-refractivity contribution >= 4 is 11.9 Å². The molecule has 0 heterocycles. The summed E-state index contributed by atoms with van der Waals surface area (Å²) < 4.78 is 10.4.